The Morgan fingerprint density at radius 1 is 1.50 bits per heavy atom. The molecule has 0 spiro atoms. The molecule has 1 heterocycles. The van der Waals surface area contributed by atoms with Crippen LogP contribution in [-0.2, 0) is 10.2 Å². The fourth-order valence-corrected chi connectivity index (χ4v) is 4.82. The van der Waals surface area contributed by atoms with Crippen LogP contribution in [0, 0.1) is 0 Å². The van der Waals surface area contributed by atoms with Crippen molar-refractivity contribution in [2.24, 2.45) is 0 Å². The van der Waals surface area contributed by atoms with Crippen LogP contribution in [0.25, 0.3) is 0 Å². The van der Waals surface area contributed by atoms with Gasteiger partial charge in [0, 0.05) is 16.7 Å². The van der Waals surface area contributed by atoms with Gasteiger partial charge in [0.1, 0.15) is 5.78 Å². The lowest BCUT2D eigenvalue weighted by Crippen LogP contribution is -2.40. The maximum absolute atomic E-state index is 12.0. The van der Waals surface area contributed by atoms with Crippen molar-refractivity contribution >= 4 is 29.1 Å². The molecule has 0 bridgehead atoms. The largest absolute Gasteiger partial charge is 0.298 e. The quantitative estimate of drug-likeness (QED) is 0.698. The summed E-state index contributed by atoms with van der Waals surface area (Å²) in [5.74, 6) is 0.394. The summed E-state index contributed by atoms with van der Waals surface area (Å²) in [6.45, 7) is 2.21. The number of ketones is 1. The number of hydrogen-bond acceptors (Lipinski definition) is 2. The van der Waals surface area contributed by atoms with Crippen LogP contribution in [0.4, 0.5) is 0 Å². The second-order valence-corrected chi connectivity index (χ2v) is 6.37. The third kappa shape index (κ3) is 1.29. The summed E-state index contributed by atoms with van der Waals surface area (Å²) in [5.41, 5.74) is 1.29. The number of fused-ring (bicyclic) bond motifs is 3. The lowest BCUT2D eigenvalue weighted by Gasteiger charge is -2.34. The maximum Gasteiger partial charge on any atom is 0.147 e. The fraction of sp³-hybridized carbons (Fsp3) is 0.462. The van der Waals surface area contributed by atoms with Crippen LogP contribution >= 0.6 is 23.4 Å². The molecule has 84 valence electrons. The van der Waals surface area contributed by atoms with Crippen molar-refractivity contribution in [1.29, 1.82) is 0 Å². The molecule has 0 amide bonds. The van der Waals surface area contributed by atoms with Crippen LogP contribution < -0.4 is 0 Å². The summed E-state index contributed by atoms with van der Waals surface area (Å²) < 4.78 is 0. The highest BCUT2D eigenvalue weighted by molar-refractivity contribution is 8.01. The lowest BCUT2D eigenvalue weighted by atomic mass is 9.70. The molecular weight excluding hydrogens is 240 g/mol. The van der Waals surface area contributed by atoms with E-state index < -0.39 is 0 Å². The number of carbonyl (C=O) groups excluding carboxylic acids is 1. The van der Waals surface area contributed by atoms with Gasteiger partial charge in [0.05, 0.1) is 10.3 Å². The standard InChI is InChI=1S/C13H13ClOS/c1-13-7-3-6-10(15)12(13)16-11-8(13)4-2-5-9(11)14/h2,4-5,12H,3,6-7H2,1H3/t12-,13+/m1/s1. The van der Waals surface area contributed by atoms with E-state index in [1.165, 1.54) is 5.56 Å². The molecule has 2 aliphatic rings. The summed E-state index contributed by atoms with van der Waals surface area (Å²) in [7, 11) is 0. The van der Waals surface area contributed by atoms with Gasteiger partial charge in [0.2, 0.25) is 0 Å². The van der Waals surface area contributed by atoms with Crippen molar-refractivity contribution in [3.63, 3.8) is 0 Å². The fourth-order valence-electron chi connectivity index (χ4n) is 2.92. The van der Waals surface area contributed by atoms with E-state index in [1.807, 2.05) is 12.1 Å². The Hall–Kier alpha value is -0.470. The molecule has 0 saturated heterocycles. The predicted octanol–water partition coefficient (Wildman–Crippen LogP) is 3.83. The Morgan fingerprint density at radius 2 is 2.31 bits per heavy atom. The normalized spacial score (nSPS) is 32.4. The highest BCUT2D eigenvalue weighted by Gasteiger charge is 2.49. The summed E-state index contributed by atoms with van der Waals surface area (Å²) in [6, 6.07) is 6.04. The molecule has 1 saturated carbocycles. The zero-order valence-electron chi connectivity index (χ0n) is 9.13. The number of Topliss-reactive ketones (excluding diaryl/α,β-unsaturated/α-hetero) is 1. The molecular formula is C13H13ClOS. The van der Waals surface area contributed by atoms with Crippen LogP contribution in [0.2, 0.25) is 5.02 Å². The Labute approximate surface area is 105 Å². The second-order valence-electron chi connectivity index (χ2n) is 4.85. The van der Waals surface area contributed by atoms with Crippen LogP contribution in [0.1, 0.15) is 31.7 Å². The van der Waals surface area contributed by atoms with E-state index in [4.69, 9.17) is 11.6 Å². The summed E-state index contributed by atoms with van der Waals surface area (Å²) in [4.78, 5) is 13.1. The minimum absolute atomic E-state index is 0.0141. The van der Waals surface area contributed by atoms with Crippen molar-refractivity contribution in [3.05, 3.63) is 28.8 Å². The third-order valence-electron chi connectivity index (χ3n) is 3.81. The van der Waals surface area contributed by atoms with Gasteiger partial charge in [0.15, 0.2) is 0 Å². The monoisotopic (exact) mass is 252 g/mol. The van der Waals surface area contributed by atoms with Gasteiger partial charge in [-0.2, -0.15) is 0 Å². The molecule has 16 heavy (non-hydrogen) atoms. The second kappa shape index (κ2) is 3.51. The molecule has 3 heteroatoms. The van der Waals surface area contributed by atoms with Gasteiger partial charge in [-0.1, -0.05) is 30.7 Å². The van der Waals surface area contributed by atoms with Gasteiger partial charge in [0.25, 0.3) is 0 Å². The molecule has 1 nitrogen and oxygen atoms in total. The van der Waals surface area contributed by atoms with Crippen LogP contribution in [-0.4, -0.2) is 11.0 Å². The molecule has 1 aromatic carbocycles. The number of carbonyl (C=O) groups is 1. The van der Waals surface area contributed by atoms with E-state index in [-0.39, 0.29) is 10.7 Å². The van der Waals surface area contributed by atoms with Crippen molar-refractivity contribution < 1.29 is 4.79 Å². The molecule has 0 radical (unpaired) electrons. The first-order valence-electron chi connectivity index (χ1n) is 5.61. The van der Waals surface area contributed by atoms with E-state index in [0.29, 0.717) is 5.78 Å². The van der Waals surface area contributed by atoms with Gasteiger partial charge in [-0.05, 0) is 24.5 Å². The lowest BCUT2D eigenvalue weighted by molar-refractivity contribution is -0.121. The van der Waals surface area contributed by atoms with E-state index >= 15 is 0 Å². The van der Waals surface area contributed by atoms with Crippen molar-refractivity contribution in [1.82, 2.24) is 0 Å². The Morgan fingerprint density at radius 3 is 3.12 bits per heavy atom. The molecule has 2 atom stereocenters. The van der Waals surface area contributed by atoms with Gasteiger partial charge >= 0.3 is 0 Å². The van der Waals surface area contributed by atoms with Gasteiger partial charge in [-0.15, -0.1) is 11.8 Å². The number of halogens is 1. The summed E-state index contributed by atoms with van der Waals surface area (Å²) in [5, 5.41) is 0.891. The van der Waals surface area contributed by atoms with E-state index in [0.717, 1.165) is 29.2 Å². The molecule has 0 N–H and O–H groups in total. The zero-order chi connectivity index (χ0) is 11.3. The van der Waals surface area contributed by atoms with Crippen molar-refractivity contribution in [3.8, 4) is 0 Å². The zero-order valence-corrected chi connectivity index (χ0v) is 10.7. The number of hydrogen-bond donors (Lipinski definition) is 0. The van der Waals surface area contributed by atoms with Gasteiger partial charge in [-0.25, -0.2) is 0 Å². The Bertz CT molecular complexity index is 471. The highest BCUT2D eigenvalue weighted by Crippen LogP contribution is 2.56. The van der Waals surface area contributed by atoms with Gasteiger partial charge in [-0.3, -0.25) is 4.79 Å². The third-order valence-corrected chi connectivity index (χ3v) is 5.93. The number of thioether (sulfide) groups is 1. The van der Waals surface area contributed by atoms with Gasteiger partial charge < -0.3 is 0 Å². The number of rotatable bonds is 0. The molecule has 1 aromatic rings. The summed E-state index contributed by atoms with van der Waals surface area (Å²) >= 11 is 7.88. The molecule has 0 aromatic heterocycles. The average molecular weight is 253 g/mol. The van der Waals surface area contributed by atoms with Crippen molar-refractivity contribution in [2.45, 2.75) is 41.7 Å². The van der Waals surface area contributed by atoms with Crippen LogP contribution in [0.3, 0.4) is 0 Å². The minimum atomic E-state index is 0.0141. The average Bonchev–Trinajstić information content (AvgIpc) is 2.55. The smallest absolute Gasteiger partial charge is 0.147 e. The Kier molecular flexibility index (Phi) is 2.34. The summed E-state index contributed by atoms with van der Waals surface area (Å²) in [6.07, 6.45) is 2.85. The van der Waals surface area contributed by atoms with E-state index in [9.17, 15) is 4.79 Å². The van der Waals surface area contributed by atoms with Crippen molar-refractivity contribution in [2.75, 3.05) is 0 Å². The molecule has 1 aliphatic heterocycles. The first kappa shape index (κ1) is 10.7. The molecule has 1 fully saturated rings. The molecule has 3 rings (SSSR count). The topological polar surface area (TPSA) is 17.1 Å². The highest BCUT2D eigenvalue weighted by atomic mass is 35.5. The predicted molar refractivity (Wildman–Crippen MR) is 67.3 cm³/mol. The van der Waals surface area contributed by atoms with E-state index in [2.05, 4.69) is 13.0 Å². The first-order valence-corrected chi connectivity index (χ1v) is 6.87. The van der Waals surface area contributed by atoms with Crippen LogP contribution in [0.5, 0.6) is 0 Å². The SMILES string of the molecule is C[C@@]12CCCC(=O)[C@H]1Sc1c(Cl)cccc12. The van der Waals surface area contributed by atoms with E-state index in [1.54, 1.807) is 11.8 Å². The molecule has 0 unspecified atom stereocenters. The maximum atomic E-state index is 12.0. The first-order chi connectivity index (χ1) is 7.63. The minimum Gasteiger partial charge on any atom is -0.298 e. The number of benzene rings is 1. The molecule has 1 aliphatic carbocycles. The van der Waals surface area contributed by atoms with Crippen LogP contribution in [0.15, 0.2) is 23.1 Å². The Balaban J connectivity index is 2.17.